The Hall–Kier alpha value is -0.820. The first kappa shape index (κ1) is 14.6. The first-order chi connectivity index (χ1) is 9.36. The second kappa shape index (κ2) is 8.37. The molecule has 0 heterocycles. The fourth-order valence-corrected chi connectivity index (χ4v) is 3.23. The van der Waals surface area contributed by atoms with Gasteiger partial charge < -0.3 is 5.32 Å². The first-order valence-electron chi connectivity index (χ1n) is 8.13. The maximum absolute atomic E-state index is 3.74. The third-order valence-electron chi connectivity index (χ3n) is 4.56. The molecule has 1 aromatic rings. The zero-order valence-electron chi connectivity index (χ0n) is 12.4. The summed E-state index contributed by atoms with van der Waals surface area (Å²) in [4.78, 5) is 0. The van der Waals surface area contributed by atoms with Crippen molar-refractivity contribution in [1.29, 1.82) is 0 Å². The molecule has 1 saturated carbocycles. The van der Waals surface area contributed by atoms with Crippen LogP contribution in [0.1, 0.15) is 57.4 Å². The summed E-state index contributed by atoms with van der Waals surface area (Å²) in [6.45, 7) is 3.57. The summed E-state index contributed by atoms with van der Waals surface area (Å²) in [6.07, 6.45) is 11.1. The molecule has 0 aliphatic heterocycles. The van der Waals surface area contributed by atoms with Crippen LogP contribution >= 0.6 is 0 Å². The van der Waals surface area contributed by atoms with Gasteiger partial charge in [0.05, 0.1) is 0 Å². The van der Waals surface area contributed by atoms with Crippen LogP contribution in [0.3, 0.4) is 0 Å². The second-order valence-corrected chi connectivity index (χ2v) is 6.08. The zero-order valence-corrected chi connectivity index (χ0v) is 12.4. The fraction of sp³-hybridized carbons (Fsp3) is 0.667. The van der Waals surface area contributed by atoms with Crippen molar-refractivity contribution < 1.29 is 0 Å². The zero-order chi connectivity index (χ0) is 13.3. The largest absolute Gasteiger partial charge is 0.314 e. The van der Waals surface area contributed by atoms with Crippen molar-refractivity contribution in [3.05, 3.63) is 35.9 Å². The Morgan fingerprint density at radius 1 is 1.05 bits per heavy atom. The molecule has 0 amide bonds. The molecule has 1 aliphatic carbocycles. The van der Waals surface area contributed by atoms with Crippen molar-refractivity contribution in [2.24, 2.45) is 5.92 Å². The molecule has 1 atom stereocenters. The molecule has 0 radical (unpaired) electrons. The smallest absolute Gasteiger partial charge is 0.00669 e. The van der Waals surface area contributed by atoms with Crippen molar-refractivity contribution in [2.45, 2.75) is 64.3 Å². The van der Waals surface area contributed by atoms with E-state index in [9.17, 15) is 0 Å². The van der Waals surface area contributed by atoms with E-state index < -0.39 is 0 Å². The third-order valence-corrected chi connectivity index (χ3v) is 4.56. The summed E-state index contributed by atoms with van der Waals surface area (Å²) in [5, 5.41) is 3.74. The minimum atomic E-state index is 0.719. The Balaban J connectivity index is 1.54. The highest BCUT2D eigenvalue weighted by atomic mass is 14.9. The average molecular weight is 259 g/mol. The van der Waals surface area contributed by atoms with Gasteiger partial charge in [0, 0.05) is 6.04 Å². The van der Waals surface area contributed by atoms with E-state index in [0.717, 1.165) is 12.0 Å². The van der Waals surface area contributed by atoms with Gasteiger partial charge in [-0.05, 0) is 57.1 Å². The Kier molecular flexibility index (Phi) is 6.43. The van der Waals surface area contributed by atoms with Crippen LogP contribution in [0.4, 0.5) is 0 Å². The molecule has 1 aromatic carbocycles. The van der Waals surface area contributed by atoms with Gasteiger partial charge in [0.25, 0.3) is 0 Å². The van der Waals surface area contributed by atoms with Gasteiger partial charge in [0.15, 0.2) is 0 Å². The summed E-state index contributed by atoms with van der Waals surface area (Å²) in [5.74, 6) is 0.933. The van der Waals surface area contributed by atoms with Crippen LogP contribution in [0.15, 0.2) is 30.3 Å². The molecule has 106 valence electrons. The van der Waals surface area contributed by atoms with Gasteiger partial charge in [-0.15, -0.1) is 0 Å². The van der Waals surface area contributed by atoms with E-state index in [1.54, 1.807) is 0 Å². The summed E-state index contributed by atoms with van der Waals surface area (Å²) in [7, 11) is 0. The monoisotopic (exact) mass is 259 g/mol. The molecular formula is C18H29N. The second-order valence-electron chi connectivity index (χ2n) is 6.08. The number of benzene rings is 1. The van der Waals surface area contributed by atoms with Crippen LogP contribution in [0.5, 0.6) is 0 Å². The molecule has 19 heavy (non-hydrogen) atoms. The van der Waals surface area contributed by atoms with Crippen molar-refractivity contribution >= 4 is 0 Å². The molecule has 1 aliphatic rings. The lowest BCUT2D eigenvalue weighted by Gasteiger charge is -2.28. The molecule has 1 heteroatoms. The summed E-state index contributed by atoms with van der Waals surface area (Å²) in [6, 6.07) is 11.6. The summed E-state index contributed by atoms with van der Waals surface area (Å²) >= 11 is 0. The third kappa shape index (κ3) is 5.36. The lowest BCUT2D eigenvalue weighted by molar-refractivity contribution is 0.281. The number of nitrogens with one attached hydrogen (secondary N) is 1. The molecule has 0 spiro atoms. The highest BCUT2D eigenvalue weighted by molar-refractivity contribution is 5.14. The Labute approximate surface area is 118 Å². The Morgan fingerprint density at radius 2 is 1.79 bits per heavy atom. The predicted octanol–water partition coefficient (Wildman–Crippen LogP) is 4.57. The number of hydrogen-bond donors (Lipinski definition) is 1. The summed E-state index contributed by atoms with van der Waals surface area (Å²) < 4.78 is 0. The van der Waals surface area contributed by atoms with Crippen LogP contribution in [-0.4, -0.2) is 12.6 Å². The van der Waals surface area contributed by atoms with Gasteiger partial charge in [-0.2, -0.15) is 0 Å². The number of hydrogen-bond acceptors (Lipinski definition) is 1. The normalized spacial score (nSPS) is 18.4. The fourth-order valence-electron chi connectivity index (χ4n) is 3.23. The van der Waals surface area contributed by atoms with E-state index in [1.807, 2.05) is 0 Å². The summed E-state index contributed by atoms with van der Waals surface area (Å²) in [5.41, 5.74) is 1.47. The van der Waals surface area contributed by atoms with Crippen molar-refractivity contribution in [2.75, 3.05) is 6.54 Å². The quantitative estimate of drug-likeness (QED) is 0.707. The van der Waals surface area contributed by atoms with E-state index in [2.05, 4.69) is 42.6 Å². The molecule has 1 nitrogen and oxygen atoms in total. The highest BCUT2D eigenvalue weighted by Crippen LogP contribution is 2.26. The standard InChI is InChI=1S/C18H29N/c1-16(18-13-6-3-7-14-18)19-15-9-8-12-17-10-4-2-5-11-17/h2,4-5,10-11,16,18-19H,3,6-9,12-15H2,1H3. The van der Waals surface area contributed by atoms with Crippen LogP contribution in [0, 0.1) is 5.92 Å². The number of rotatable bonds is 7. The van der Waals surface area contributed by atoms with Gasteiger partial charge >= 0.3 is 0 Å². The SMILES string of the molecule is CC(NCCCCc1ccccc1)C1CCCCC1. The highest BCUT2D eigenvalue weighted by Gasteiger charge is 2.18. The minimum Gasteiger partial charge on any atom is -0.314 e. The molecule has 2 rings (SSSR count). The molecule has 0 bridgehead atoms. The molecule has 1 fully saturated rings. The van der Waals surface area contributed by atoms with Gasteiger partial charge in [0.2, 0.25) is 0 Å². The number of unbranched alkanes of at least 4 members (excludes halogenated alkanes) is 1. The van der Waals surface area contributed by atoms with E-state index >= 15 is 0 Å². The van der Waals surface area contributed by atoms with E-state index in [0.29, 0.717) is 0 Å². The lowest BCUT2D eigenvalue weighted by Crippen LogP contribution is -2.35. The Morgan fingerprint density at radius 3 is 2.53 bits per heavy atom. The maximum Gasteiger partial charge on any atom is 0.00669 e. The van der Waals surface area contributed by atoms with Gasteiger partial charge in [0.1, 0.15) is 0 Å². The van der Waals surface area contributed by atoms with Crippen molar-refractivity contribution in [3.8, 4) is 0 Å². The maximum atomic E-state index is 3.74. The van der Waals surface area contributed by atoms with Crippen LogP contribution < -0.4 is 5.32 Å². The van der Waals surface area contributed by atoms with E-state index in [1.165, 1.54) is 63.5 Å². The predicted molar refractivity (Wildman–Crippen MR) is 83.4 cm³/mol. The molecule has 0 aromatic heterocycles. The molecule has 1 N–H and O–H groups in total. The Bertz CT molecular complexity index is 327. The lowest BCUT2D eigenvalue weighted by atomic mass is 9.84. The van der Waals surface area contributed by atoms with E-state index in [-0.39, 0.29) is 0 Å². The van der Waals surface area contributed by atoms with Crippen LogP contribution in [0.25, 0.3) is 0 Å². The van der Waals surface area contributed by atoms with Crippen molar-refractivity contribution in [1.82, 2.24) is 5.32 Å². The molecule has 0 saturated heterocycles. The molecular weight excluding hydrogens is 230 g/mol. The van der Waals surface area contributed by atoms with Crippen LogP contribution in [0.2, 0.25) is 0 Å². The van der Waals surface area contributed by atoms with Gasteiger partial charge in [-0.3, -0.25) is 0 Å². The minimum absolute atomic E-state index is 0.719. The average Bonchev–Trinajstić information content (AvgIpc) is 2.49. The van der Waals surface area contributed by atoms with Crippen molar-refractivity contribution in [3.63, 3.8) is 0 Å². The first-order valence-corrected chi connectivity index (χ1v) is 8.13. The topological polar surface area (TPSA) is 12.0 Å². The number of aryl methyl sites for hydroxylation is 1. The molecule has 1 unspecified atom stereocenters. The van der Waals surface area contributed by atoms with E-state index in [4.69, 9.17) is 0 Å². The van der Waals surface area contributed by atoms with Gasteiger partial charge in [-0.25, -0.2) is 0 Å². The van der Waals surface area contributed by atoms with Crippen LogP contribution in [-0.2, 0) is 6.42 Å². The van der Waals surface area contributed by atoms with Gasteiger partial charge in [-0.1, -0.05) is 49.6 Å².